The number of esters is 2. The van der Waals surface area contributed by atoms with Gasteiger partial charge >= 0.3 is 11.9 Å². The highest BCUT2D eigenvalue weighted by Crippen LogP contribution is 2.28. The minimum Gasteiger partial charge on any atom is -0.493 e. The molecule has 8 nitrogen and oxygen atoms in total. The second kappa shape index (κ2) is 15.0. The Morgan fingerprint density at radius 3 is 2.26 bits per heavy atom. The molecule has 0 saturated heterocycles. The Bertz CT molecular complexity index is 877. The van der Waals surface area contributed by atoms with Crippen LogP contribution in [0.2, 0.25) is 0 Å². The fourth-order valence-corrected chi connectivity index (χ4v) is 4.07. The van der Waals surface area contributed by atoms with Crippen LogP contribution in [-0.4, -0.2) is 54.0 Å². The van der Waals surface area contributed by atoms with Gasteiger partial charge in [0.25, 0.3) is 10.1 Å². The fraction of sp³-hybridized carbons (Fsp3) is 0.680. The summed E-state index contributed by atoms with van der Waals surface area (Å²) in [5.74, 6) is 0.237. The molecule has 0 aliphatic heterocycles. The first kappa shape index (κ1) is 29.9. The molecule has 0 bridgehead atoms. The SMILES string of the molecule is COC(=O)CCc1c(CCCCCCOS(C)(=O)=O)cccc1OCCCC(C)(C)C(=O)OC. The molecule has 1 aromatic carbocycles. The third-order valence-electron chi connectivity index (χ3n) is 5.62. The number of hydrogen-bond acceptors (Lipinski definition) is 8. The minimum absolute atomic E-state index is 0.208. The third-order valence-corrected chi connectivity index (χ3v) is 6.21. The van der Waals surface area contributed by atoms with Crippen LogP contribution in [0.15, 0.2) is 18.2 Å². The normalized spacial score (nSPS) is 11.8. The van der Waals surface area contributed by atoms with E-state index in [1.807, 2.05) is 32.0 Å². The highest BCUT2D eigenvalue weighted by Gasteiger charge is 2.28. The number of ether oxygens (including phenoxy) is 3. The number of carbonyl (C=O) groups excluding carboxylic acids is 2. The smallest absolute Gasteiger partial charge is 0.311 e. The van der Waals surface area contributed by atoms with E-state index in [9.17, 15) is 18.0 Å². The van der Waals surface area contributed by atoms with Gasteiger partial charge in [-0.3, -0.25) is 13.8 Å². The van der Waals surface area contributed by atoms with Crippen LogP contribution in [0.25, 0.3) is 0 Å². The molecule has 9 heteroatoms. The Morgan fingerprint density at radius 1 is 0.912 bits per heavy atom. The highest BCUT2D eigenvalue weighted by molar-refractivity contribution is 7.85. The molecule has 0 spiro atoms. The van der Waals surface area contributed by atoms with Gasteiger partial charge in [0.05, 0.1) is 39.1 Å². The van der Waals surface area contributed by atoms with Crippen LogP contribution in [0.3, 0.4) is 0 Å². The van der Waals surface area contributed by atoms with Crippen LogP contribution in [0.1, 0.15) is 69.9 Å². The lowest BCUT2D eigenvalue weighted by Crippen LogP contribution is -2.26. The summed E-state index contributed by atoms with van der Waals surface area (Å²) in [6.45, 7) is 4.37. The van der Waals surface area contributed by atoms with E-state index in [1.165, 1.54) is 14.2 Å². The molecule has 0 heterocycles. The molecule has 0 N–H and O–H groups in total. The summed E-state index contributed by atoms with van der Waals surface area (Å²) in [6, 6.07) is 5.90. The van der Waals surface area contributed by atoms with Crippen LogP contribution >= 0.6 is 0 Å². The number of benzene rings is 1. The average molecular weight is 501 g/mol. The molecule has 194 valence electrons. The lowest BCUT2D eigenvalue weighted by molar-refractivity contribution is -0.151. The van der Waals surface area contributed by atoms with Gasteiger partial charge in [-0.25, -0.2) is 0 Å². The van der Waals surface area contributed by atoms with E-state index in [4.69, 9.17) is 18.4 Å². The predicted octanol–water partition coefficient (Wildman–Crippen LogP) is 4.23. The van der Waals surface area contributed by atoms with Gasteiger partial charge in [0.2, 0.25) is 0 Å². The third kappa shape index (κ3) is 11.8. The second-order valence-corrected chi connectivity index (χ2v) is 10.6. The van der Waals surface area contributed by atoms with Gasteiger partial charge in [-0.1, -0.05) is 25.0 Å². The lowest BCUT2D eigenvalue weighted by Gasteiger charge is -2.21. The van der Waals surface area contributed by atoms with E-state index >= 15 is 0 Å². The van der Waals surface area contributed by atoms with Crippen molar-refractivity contribution in [2.75, 3.05) is 33.7 Å². The van der Waals surface area contributed by atoms with Crippen molar-refractivity contribution in [3.63, 3.8) is 0 Å². The van der Waals surface area contributed by atoms with E-state index in [0.29, 0.717) is 32.3 Å². The van der Waals surface area contributed by atoms with Crippen molar-refractivity contribution in [1.82, 2.24) is 0 Å². The van der Waals surface area contributed by atoms with Crippen LogP contribution in [-0.2, 0) is 46.2 Å². The molecule has 1 rings (SSSR count). The first-order chi connectivity index (χ1) is 16.0. The van der Waals surface area contributed by atoms with Crippen molar-refractivity contribution in [1.29, 1.82) is 0 Å². The summed E-state index contributed by atoms with van der Waals surface area (Å²) in [5.41, 5.74) is 1.56. The predicted molar refractivity (Wildman–Crippen MR) is 130 cm³/mol. The molecule has 0 atom stereocenters. The maximum Gasteiger partial charge on any atom is 0.311 e. The molecule has 0 aliphatic rings. The second-order valence-electron chi connectivity index (χ2n) is 8.99. The van der Waals surface area contributed by atoms with Gasteiger partial charge in [0, 0.05) is 6.42 Å². The van der Waals surface area contributed by atoms with Crippen LogP contribution in [0.4, 0.5) is 0 Å². The van der Waals surface area contributed by atoms with E-state index in [-0.39, 0.29) is 25.0 Å². The van der Waals surface area contributed by atoms with Gasteiger partial charge < -0.3 is 14.2 Å². The first-order valence-electron chi connectivity index (χ1n) is 11.7. The zero-order valence-electron chi connectivity index (χ0n) is 21.2. The Morgan fingerprint density at radius 2 is 1.62 bits per heavy atom. The summed E-state index contributed by atoms with van der Waals surface area (Å²) in [7, 11) is -0.615. The van der Waals surface area contributed by atoms with Crippen molar-refractivity contribution in [2.45, 2.75) is 71.6 Å². The van der Waals surface area contributed by atoms with E-state index in [2.05, 4.69) is 0 Å². The standard InChI is InChI=1S/C25H40O8S/c1-25(2,24(27)31-4)17-11-18-32-22-14-10-13-20(21(22)15-16-23(26)30-3)12-8-6-7-9-19-33-34(5,28)29/h10,13-14H,6-9,11-12,15-19H2,1-5H3. The molecule has 0 amide bonds. The Balaban J connectivity index is 2.69. The largest absolute Gasteiger partial charge is 0.493 e. The Kier molecular flexibility index (Phi) is 13.2. The van der Waals surface area contributed by atoms with Gasteiger partial charge in [0.1, 0.15) is 5.75 Å². The highest BCUT2D eigenvalue weighted by atomic mass is 32.2. The number of aryl methyl sites for hydroxylation is 1. The van der Waals surface area contributed by atoms with Crippen molar-refractivity contribution in [3.8, 4) is 5.75 Å². The molecular weight excluding hydrogens is 460 g/mol. The number of unbranched alkanes of at least 4 members (excludes halogenated alkanes) is 3. The Hall–Kier alpha value is -2.13. The van der Waals surface area contributed by atoms with Crippen LogP contribution in [0, 0.1) is 5.41 Å². The van der Waals surface area contributed by atoms with Crippen LogP contribution in [0.5, 0.6) is 5.75 Å². The summed E-state index contributed by atoms with van der Waals surface area (Å²) in [5, 5.41) is 0. The summed E-state index contributed by atoms with van der Waals surface area (Å²) >= 11 is 0. The fourth-order valence-electron chi connectivity index (χ4n) is 3.65. The molecule has 1 aromatic rings. The quantitative estimate of drug-likeness (QED) is 0.178. The van der Waals surface area contributed by atoms with Crippen LogP contribution < -0.4 is 4.74 Å². The van der Waals surface area contributed by atoms with Gasteiger partial charge in [-0.15, -0.1) is 0 Å². The topological polar surface area (TPSA) is 105 Å². The van der Waals surface area contributed by atoms with Gasteiger partial charge in [0.15, 0.2) is 0 Å². The molecule has 0 fully saturated rings. The summed E-state index contributed by atoms with van der Waals surface area (Å²) in [6.07, 6.45) is 7.44. The first-order valence-corrected chi connectivity index (χ1v) is 13.5. The number of carbonyl (C=O) groups is 2. The molecule has 34 heavy (non-hydrogen) atoms. The van der Waals surface area contributed by atoms with Crippen molar-refractivity contribution < 1.29 is 36.4 Å². The zero-order chi connectivity index (χ0) is 25.6. The molecule has 0 radical (unpaired) electrons. The van der Waals surface area contributed by atoms with Gasteiger partial charge in [-0.05, 0) is 69.6 Å². The van der Waals surface area contributed by atoms with Crippen molar-refractivity contribution >= 4 is 22.1 Å². The molecule has 0 saturated carbocycles. The minimum atomic E-state index is -3.38. The number of rotatable bonds is 17. The maximum absolute atomic E-state index is 11.9. The molecular formula is C25H40O8S. The van der Waals surface area contributed by atoms with Crippen molar-refractivity contribution in [2.24, 2.45) is 5.41 Å². The van der Waals surface area contributed by atoms with Gasteiger partial charge in [-0.2, -0.15) is 8.42 Å². The number of methoxy groups -OCH3 is 2. The molecule has 0 aliphatic carbocycles. The zero-order valence-corrected chi connectivity index (χ0v) is 22.0. The molecule has 0 aromatic heterocycles. The van der Waals surface area contributed by atoms with Crippen molar-refractivity contribution in [3.05, 3.63) is 29.3 Å². The van der Waals surface area contributed by atoms with E-state index in [1.54, 1.807) is 0 Å². The molecule has 0 unspecified atom stereocenters. The Labute approximate surface area is 204 Å². The maximum atomic E-state index is 11.9. The lowest BCUT2D eigenvalue weighted by atomic mass is 9.88. The van der Waals surface area contributed by atoms with E-state index in [0.717, 1.165) is 48.8 Å². The van der Waals surface area contributed by atoms with E-state index < -0.39 is 15.5 Å². The summed E-state index contributed by atoms with van der Waals surface area (Å²) < 4.78 is 42.5. The monoisotopic (exact) mass is 500 g/mol. The number of hydrogen-bond donors (Lipinski definition) is 0. The average Bonchev–Trinajstić information content (AvgIpc) is 2.78. The summed E-state index contributed by atoms with van der Waals surface area (Å²) in [4.78, 5) is 23.6.